The first-order valence-electron chi connectivity index (χ1n) is 14.3. The molecule has 0 bridgehead atoms. The second kappa shape index (κ2) is 12.7. The van der Waals surface area contributed by atoms with Crippen LogP contribution in [0.3, 0.4) is 0 Å². The third kappa shape index (κ3) is 5.71. The van der Waals surface area contributed by atoms with E-state index >= 15 is 0 Å². The van der Waals surface area contributed by atoms with Gasteiger partial charge in [0.05, 0.1) is 29.4 Å². The fourth-order valence-corrected chi connectivity index (χ4v) is 5.42. The minimum absolute atomic E-state index is 0.252. The number of hydrogen-bond acceptors (Lipinski definition) is 8. The summed E-state index contributed by atoms with van der Waals surface area (Å²) in [6.45, 7) is 6.29. The number of fused-ring (bicyclic) bond motifs is 2. The van der Waals surface area contributed by atoms with Crippen LogP contribution >= 0.6 is 0 Å². The highest BCUT2D eigenvalue weighted by Crippen LogP contribution is 2.38. The Kier molecular flexibility index (Phi) is 8.25. The lowest BCUT2D eigenvalue weighted by molar-refractivity contribution is 0.0775. The molecule has 5 aromatic rings. The van der Waals surface area contributed by atoms with Crippen molar-refractivity contribution in [3.8, 4) is 29.1 Å². The minimum atomic E-state index is -0.252. The molecule has 220 valence electrons. The number of piperazine rings is 1. The van der Waals surface area contributed by atoms with Crippen LogP contribution < -0.4 is 24.5 Å². The maximum absolute atomic E-state index is 13.5. The number of amides is 1. The Bertz CT molecular complexity index is 1890. The Balaban J connectivity index is 1.18. The lowest BCUT2D eigenvalue weighted by Gasteiger charge is -2.37. The molecule has 1 fully saturated rings. The number of carbonyl (C=O) groups excluding carboxylic acids is 1. The third-order valence-corrected chi connectivity index (χ3v) is 7.56. The zero-order chi connectivity index (χ0) is 30.5. The van der Waals surface area contributed by atoms with Crippen LogP contribution in [-0.4, -0.2) is 55.8 Å². The van der Waals surface area contributed by atoms with Crippen molar-refractivity contribution in [1.29, 1.82) is 5.26 Å². The summed E-state index contributed by atoms with van der Waals surface area (Å²) in [5.41, 5.74) is 5.43. The van der Waals surface area contributed by atoms with Crippen LogP contribution in [0.25, 0.3) is 21.7 Å². The first-order valence-corrected chi connectivity index (χ1v) is 14.3. The van der Waals surface area contributed by atoms with Crippen LogP contribution in [0, 0.1) is 11.3 Å². The molecule has 1 N–H and O–H groups in total. The summed E-state index contributed by atoms with van der Waals surface area (Å²) >= 11 is 0. The van der Waals surface area contributed by atoms with Crippen molar-refractivity contribution < 1.29 is 19.0 Å². The number of nitrogens with one attached hydrogen (secondary N) is 1. The predicted octanol–water partition coefficient (Wildman–Crippen LogP) is 6.09. The molecular formula is C35H31N5O4. The number of methoxy groups -OCH3 is 1. The van der Waals surface area contributed by atoms with Crippen molar-refractivity contribution in [3.05, 3.63) is 109 Å². The lowest BCUT2D eigenvalue weighted by atomic mass is 10.1. The lowest BCUT2D eigenvalue weighted by Crippen LogP contribution is -2.53. The summed E-state index contributed by atoms with van der Waals surface area (Å²) in [5.74, 6) is 2.02. The van der Waals surface area contributed by atoms with E-state index in [9.17, 15) is 10.1 Å². The van der Waals surface area contributed by atoms with E-state index < -0.39 is 0 Å². The molecule has 1 aromatic heterocycles. The number of aromatic nitrogens is 1. The van der Waals surface area contributed by atoms with Crippen molar-refractivity contribution >= 4 is 33.3 Å². The van der Waals surface area contributed by atoms with Crippen molar-refractivity contribution in [2.75, 3.05) is 44.8 Å². The zero-order valence-corrected chi connectivity index (χ0v) is 24.3. The van der Waals surface area contributed by atoms with Gasteiger partial charge in [-0.25, -0.2) is 5.01 Å². The average molecular weight is 586 g/mol. The van der Waals surface area contributed by atoms with E-state index in [1.54, 1.807) is 31.5 Å². The highest BCUT2D eigenvalue weighted by molar-refractivity contribution is 5.98. The SMILES string of the molecule is C=CCOc1cc2ncc(C#N)c(N3CCN(NC(=O)c4ccccc4Oc4cccc5ccccc45)CC3)c2cc1OC. The second-order valence-electron chi connectivity index (χ2n) is 10.2. The van der Waals surface area contributed by atoms with Gasteiger partial charge in [0.25, 0.3) is 5.91 Å². The summed E-state index contributed by atoms with van der Waals surface area (Å²) in [5, 5.41) is 14.7. The highest BCUT2D eigenvalue weighted by atomic mass is 16.5. The molecule has 1 saturated heterocycles. The molecule has 0 atom stereocenters. The van der Waals surface area contributed by atoms with Crippen LogP contribution in [0.15, 0.2) is 97.7 Å². The molecule has 0 saturated carbocycles. The molecular weight excluding hydrogens is 554 g/mol. The predicted molar refractivity (Wildman–Crippen MR) is 170 cm³/mol. The number of nitrogens with zero attached hydrogens (tertiary/aromatic N) is 4. The summed E-state index contributed by atoms with van der Waals surface area (Å²) < 4.78 is 17.6. The van der Waals surface area contributed by atoms with E-state index in [1.807, 2.05) is 71.7 Å². The molecule has 44 heavy (non-hydrogen) atoms. The number of hydrogen-bond donors (Lipinski definition) is 1. The van der Waals surface area contributed by atoms with Gasteiger partial charge in [0.2, 0.25) is 0 Å². The number of para-hydroxylation sites is 1. The molecule has 0 aliphatic carbocycles. The number of nitriles is 1. The Labute approximate surface area is 255 Å². The molecule has 6 rings (SSSR count). The van der Waals surface area contributed by atoms with E-state index in [1.165, 1.54) is 0 Å². The fraction of sp³-hybridized carbons (Fsp3) is 0.171. The van der Waals surface area contributed by atoms with Gasteiger partial charge in [-0.15, -0.1) is 0 Å². The molecule has 1 aliphatic heterocycles. The largest absolute Gasteiger partial charge is 0.493 e. The summed E-state index contributed by atoms with van der Waals surface area (Å²) in [7, 11) is 1.58. The van der Waals surface area contributed by atoms with Gasteiger partial charge >= 0.3 is 0 Å². The first-order chi connectivity index (χ1) is 21.6. The molecule has 9 nitrogen and oxygen atoms in total. The average Bonchev–Trinajstić information content (AvgIpc) is 3.07. The highest BCUT2D eigenvalue weighted by Gasteiger charge is 2.25. The Hall–Kier alpha value is -5.59. The van der Waals surface area contributed by atoms with Crippen LogP contribution in [0.2, 0.25) is 0 Å². The summed E-state index contributed by atoms with van der Waals surface area (Å²) in [4.78, 5) is 20.1. The van der Waals surface area contributed by atoms with Crippen LogP contribution in [-0.2, 0) is 0 Å². The molecule has 0 radical (unpaired) electrons. The summed E-state index contributed by atoms with van der Waals surface area (Å²) in [6.07, 6.45) is 3.25. The van der Waals surface area contributed by atoms with Crippen molar-refractivity contribution in [1.82, 2.24) is 15.4 Å². The standard InChI is InChI=1S/C35H31N5O4/c1-3-19-43-33-21-29-28(20-32(33)42-2)34(25(22-36)23-37-29)39-15-17-40(18-16-39)38-35(41)27-12-6-7-13-31(27)44-30-14-8-10-24-9-4-5-11-26(24)30/h3-14,20-21,23H,1,15-19H2,2H3,(H,38,41). The van der Waals surface area contributed by atoms with Crippen LogP contribution in [0.4, 0.5) is 5.69 Å². The second-order valence-corrected chi connectivity index (χ2v) is 10.2. The monoisotopic (exact) mass is 585 g/mol. The zero-order valence-electron chi connectivity index (χ0n) is 24.3. The van der Waals surface area contributed by atoms with E-state index in [2.05, 4.69) is 28.0 Å². The molecule has 1 amide bonds. The molecule has 9 heteroatoms. The van der Waals surface area contributed by atoms with Gasteiger partial charge in [0, 0.05) is 49.2 Å². The van der Waals surface area contributed by atoms with Crippen molar-refractivity contribution in [2.45, 2.75) is 0 Å². The van der Waals surface area contributed by atoms with Crippen molar-refractivity contribution in [3.63, 3.8) is 0 Å². The molecule has 2 heterocycles. The molecule has 0 unspecified atom stereocenters. The van der Waals surface area contributed by atoms with Gasteiger partial charge in [-0.05, 0) is 29.7 Å². The number of benzene rings is 4. The Morgan fingerprint density at radius 3 is 2.50 bits per heavy atom. The van der Waals surface area contributed by atoms with Crippen LogP contribution in [0.5, 0.6) is 23.0 Å². The number of rotatable bonds is 9. The number of pyridine rings is 1. The van der Waals surface area contributed by atoms with E-state index in [0.29, 0.717) is 72.4 Å². The Morgan fingerprint density at radius 2 is 1.70 bits per heavy atom. The minimum Gasteiger partial charge on any atom is -0.493 e. The normalized spacial score (nSPS) is 13.3. The molecule has 0 spiro atoms. The number of hydrazine groups is 1. The van der Waals surface area contributed by atoms with Gasteiger partial charge < -0.3 is 19.1 Å². The van der Waals surface area contributed by atoms with Gasteiger partial charge in [0.15, 0.2) is 11.5 Å². The van der Waals surface area contributed by atoms with E-state index in [0.717, 1.165) is 21.8 Å². The molecule has 4 aromatic carbocycles. The van der Waals surface area contributed by atoms with E-state index in [-0.39, 0.29) is 5.91 Å². The topological polar surface area (TPSA) is 100.0 Å². The van der Waals surface area contributed by atoms with E-state index in [4.69, 9.17) is 14.2 Å². The smallest absolute Gasteiger partial charge is 0.269 e. The maximum atomic E-state index is 13.5. The first kappa shape index (κ1) is 28.5. The quantitative estimate of drug-likeness (QED) is 0.208. The van der Waals surface area contributed by atoms with Gasteiger partial charge in [-0.1, -0.05) is 61.2 Å². The number of carbonyl (C=O) groups is 1. The summed E-state index contributed by atoms with van der Waals surface area (Å²) in [6, 6.07) is 27.0. The van der Waals surface area contributed by atoms with Crippen molar-refractivity contribution in [2.24, 2.45) is 0 Å². The third-order valence-electron chi connectivity index (χ3n) is 7.56. The maximum Gasteiger partial charge on any atom is 0.269 e. The van der Waals surface area contributed by atoms with Crippen LogP contribution in [0.1, 0.15) is 15.9 Å². The van der Waals surface area contributed by atoms with Gasteiger partial charge in [0.1, 0.15) is 24.2 Å². The fourth-order valence-electron chi connectivity index (χ4n) is 5.42. The molecule has 1 aliphatic rings. The van der Waals surface area contributed by atoms with Gasteiger partial charge in [-0.3, -0.25) is 15.2 Å². The van der Waals surface area contributed by atoms with Gasteiger partial charge in [-0.2, -0.15) is 5.26 Å². The number of anilines is 1. The number of ether oxygens (including phenoxy) is 3. The Morgan fingerprint density at radius 1 is 0.955 bits per heavy atom.